The smallest absolute Gasteiger partial charge is 0.256 e. The van der Waals surface area contributed by atoms with Crippen molar-refractivity contribution in [3.8, 4) is 16.9 Å². The van der Waals surface area contributed by atoms with Crippen molar-refractivity contribution in [1.29, 1.82) is 0 Å². The molecule has 4 rings (SSSR count). The lowest BCUT2D eigenvalue weighted by Crippen LogP contribution is -2.40. The third-order valence-electron chi connectivity index (χ3n) is 6.70. The molecule has 0 saturated heterocycles. The number of phenolic OH excluding ortho intramolecular Hbond substituents is 1. The topological polar surface area (TPSA) is 52.9 Å². The molecule has 0 atom stereocenters. The van der Waals surface area contributed by atoms with Crippen molar-refractivity contribution >= 4 is 11.7 Å². The van der Waals surface area contributed by atoms with E-state index in [1.165, 1.54) is 5.56 Å². The molecule has 4 heteroatoms. The van der Waals surface area contributed by atoms with Crippen LogP contribution in [0.4, 0.5) is 0 Å². The molecular formula is C27H34N2O2. The van der Waals surface area contributed by atoms with Gasteiger partial charge in [-0.15, -0.1) is 0 Å². The number of carbonyl (C=O) groups is 1. The Kier molecular flexibility index (Phi) is 6.45. The van der Waals surface area contributed by atoms with Gasteiger partial charge in [-0.1, -0.05) is 69.9 Å². The van der Waals surface area contributed by atoms with Gasteiger partial charge < -0.3 is 5.11 Å². The summed E-state index contributed by atoms with van der Waals surface area (Å²) in [4.78, 5) is 20.3. The molecular weight excluding hydrogens is 384 g/mol. The fourth-order valence-corrected chi connectivity index (χ4v) is 4.99. The monoisotopic (exact) mass is 418 g/mol. The first-order valence-electron chi connectivity index (χ1n) is 11.9. The molecule has 2 aromatic carbocycles. The van der Waals surface area contributed by atoms with E-state index in [4.69, 9.17) is 4.99 Å². The number of hydrogen-bond acceptors (Lipinski definition) is 3. The van der Waals surface area contributed by atoms with Gasteiger partial charge in [-0.3, -0.25) is 14.7 Å². The number of aryl methyl sites for hydroxylation is 1. The number of aromatic hydroxyl groups is 1. The van der Waals surface area contributed by atoms with Gasteiger partial charge in [-0.2, -0.15) is 0 Å². The molecule has 31 heavy (non-hydrogen) atoms. The first-order valence-corrected chi connectivity index (χ1v) is 11.9. The summed E-state index contributed by atoms with van der Waals surface area (Å²) in [5.41, 5.74) is 4.08. The third-order valence-corrected chi connectivity index (χ3v) is 6.70. The maximum absolute atomic E-state index is 13.3. The maximum atomic E-state index is 13.3. The Morgan fingerprint density at radius 3 is 2.42 bits per heavy atom. The average Bonchev–Trinajstić information content (AvgIpc) is 3.35. The highest BCUT2D eigenvalue weighted by molar-refractivity contribution is 6.08. The van der Waals surface area contributed by atoms with Gasteiger partial charge in [0.25, 0.3) is 5.91 Å². The number of aliphatic imine (C=N–C) groups is 1. The standard InChI is InChI=1S/C27H34N2O2/c1-3-5-9-25-28-27(16-6-7-17-27)26(31)29(25)19-20-10-12-22(13-11-20)24-18-23(30)15-14-21(24)8-4-2/h10-15,18,30H,3-9,16-17,19H2,1-2H3. The molecule has 1 spiro atoms. The van der Waals surface area contributed by atoms with E-state index in [1.54, 1.807) is 6.07 Å². The number of hydrogen-bond donors (Lipinski definition) is 1. The van der Waals surface area contributed by atoms with Crippen molar-refractivity contribution in [2.24, 2.45) is 4.99 Å². The zero-order valence-electron chi connectivity index (χ0n) is 18.9. The first kappa shape index (κ1) is 21.6. The highest BCUT2D eigenvalue weighted by Gasteiger charge is 2.49. The largest absolute Gasteiger partial charge is 0.508 e. The summed E-state index contributed by atoms with van der Waals surface area (Å²) in [5, 5.41) is 9.98. The Labute approximate surface area is 186 Å². The summed E-state index contributed by atoms with van der Waals surface area (Å²) in [7, 11) is 0. The number of amides is 1. The van der Waals surface area contributed by atoms with Gasteiger partial charge in [0.05, 0.1) is 6.54 Å². The van der Waals surface area contributed by atoms with Crippen molar-refractivity contribution in [1.82, 2.24) is 4.90 Å². The normalized spacial score (nSPS) is 17.5. The minimum atomic E-state index is -0.473. The van der Waals surface area contributed by atoms with E-state index in [9.17, 15) is 9.90 Å². The zero-order valence-corrected chi connectivity index (χ0v) is 18.9. The Balaban J connectivity index is 1.55. The van der Waals surface area contributed by atoms with E-state index in [-0.39, 0.29) is 5.91 Å². The van der Waals surface area contributed by atoms with Gasteiger partial charge in [0.15, 0.2) is 0 Å². The minimum Gasteiger partial charge on any atom is -0.508 e. The Morgan fingerprint density at radius 1 is 1.00 bits per heavy atom. The van der Waals surface area contributed by atoms with Crippen LogP contribution in [0, 0.1) is 0 Å². The van der Waals surface area contributed by atoms with Crippen LogP contribution in [0.5, 0.6) is 5.75 Å². The fraction of sp³-hybridized carbons (Fsp3) is 0.481. The van der Waals surface area contributed by atoms with Crippen LogP contribution in [0.3, 0.4) is 0 Å². The number of unbranched alkanes of at least 4 members (excludes halogenated alkanes) is 1. The first-order chi connectivity index (χ1) is 15.1. The van der Waals surface area contributed by atoms with Crippen molar-refractivity contribution in [2.75, 3.05) is 0 Å². The molecule has 1 heterocycles. The van der Waals surface area contributed by atoms with Crippen molar-refractivity contribution < 1.29 is 9.90 Å². The van der Waals surface area contributed by atoms with Crippen LogP contribution in [0.15, 0.2) is 47.5 Å². The van der Waals surface area contributed by atoms with E-state index < -0.39 is 5.54 Å². The summed E-state index contributed by atoms with van der Waals surface area (Å²) in [6.45, 7) is 4.94. The van der Waals surface area contributed by atoms with E-state index in [0.717, 1.165) is 80.3 Å². The lowest BCUT2D eigenvalue weighted by atomic mass is 9.95. The number of rotatable bonds is 8. The van der Waals surface area contributed by atoms with Gasteiger partial charge >= 0.3 is 0 Å². The molecule has 1 saturated carbocycles. The average molecular weight is 419 g/mol. The molecule has 0 unspecified atom stereocenters. The van der Waals surface area contributed by atoms with Crippen LogP contribution >= 0.6 is 0 Å². The van der Waals surface area contributed by atoms with Crippen LogP contribution in [-0.4, -0.2) is 27.3 Å². The van der Waals surface area contributed by atoms with Gasteiger partial charge in [0.2, 0.25) is 0 Å². The number of benzene rings is 2. The number of nitrogens with zero attached hydrogens (tertiary/aromatic N) is 2. The zero-order chi connectivity index (χ0) is 21.8. The fourth-order valence-electron chi connectivity index (χ4n) is 4.99. The second kappa shape index (κ2) is 9.25. The van der Waals surface area contributed by atoms with Gasteiger partial charge in [-0.25, -0.2) is 0 Å². The Morgan fingerprint density at radius 2 is 1.74 bits per heavy atom. The molecule has 2 aromatic rings. The van der Waals surface area contributed by atoms with Crippen LogP contribution in [0.1, 0.15) is 76.3 Å². The van der Waals surface area contributed by atoms with Crippen molar-refractivity contribution in [3.63, 3.8) is 0 Å². The second-order valence-electron chi connectivity index (χ2n) is 9.05. The van der Waals surface area contributed by atoms with E-state index in [1.807, 2.05) is 17.0 Å². The van der Waals surface area contributed by atoms with E-state index in [0.29, 0.717) is 12.3 Å². The molecule has 4 nitrogen and oxygen atoms in total. The maximum Gasteiger partial charge on any atom is 0.256 e. The van der Waals surface area contributed by atoms with Crippen LogP contribution in [0.25, 0.3) is 11.1 Å². The summed E-state index contributed by atoms with van der Waals surface area (Å²) in [6.07, 6.45) is 9.09. The van der Waals surface area contributed by atoms with E-state index >= 15 is 0 Å². The van der Waals surface area contributed by atoms with Crippen LogP contribution in [-0.2, 0) is 17.8 Å². The quantitative estimate of drug-likeness (QED) is 0.550. The van der Waals surface area contributed by atoms with Crippen molar-refractivity contribution in [2.45, 2.75) is 83.7 Å². The summed E-state index contributed by atoms with van der Waals surface area (Å²) in [6, 6.07) is 14.1. The van der Waals surface area contributed by atoms with Gasteiger partial charge in [-0.05, 0) is 60.1 Å². The highest BCUT2D eigenvalue weighted by atomic mass is 16.3. The Hall–Kier alpha value is -2.62. The minimum absolute atomic E-state index is 0.207. The second-order valence-corrected chi connectivity index (χ2v) is 9.05. The van der Waals surface area contributed by atoms with Crippen LogP contribution < -0.4 is 0 Å². The summed E-state index contributed by atoms with van der Waals surface area (Å²) < 4.78 is 0. The molecule has 2 aliphatic rings. The molecule has 0 aromatic heterocycles. The number of carbonyl (C=O) groups excluding carboxylic acids is 1. The molecule has 1 aliphatic heterocycles. The lowest BCUT2D eigenvalue weighted by Gasteiger charge is -2.23. The van der Waals surface area contributed by atoms with Gasteiger partial charge in [0.1, 0.15) is 17.1 Å². The van der Waals surface area contributed by atoms with Gasteiger partial charge in [0, 0.05) is 6.42 Å². The molecule has 1 aliphatic carbocycles. The SMILES string of the molecule is CCCCC1=NC2(CCCC2)C(=O)N1Cc1ccc(-c2cc(O)ccc2CCC)cc1. The Bertz CT molecular complexity index is 956. The predicted octanol–water partition coefficient (Wildman–Crippen LogP) is 6.26. The number of amidine groups is 1. The summed E-state index contributed by atoms with van der Waals surface area (Å²) in [5.74, 6) is 1.48. The molecule has 1 amide bonds. The van der Waals surface area contributed by atoms with Crippen molar-refractivity contribution in [3.05, 3.63) is 53.6 Å². The molecule has 0 radical (unpaired) electrons. The molecule has 1 fully saturated rings. The van der Waals surface area contributed by atoms with Crippen LogP contribution in [0.2, 0.25) is 0 Å². The highest BCUT2D eigenvalue weighted by Crippen LogP contribution is 2.40. The van der Waals surface area contributed by atoms with E-state index in [2.05, 4.69) is 38.1 Å². The molecule has 164 valence electrons. The lowest BCUT2D eigenvalue weighted by molar-refractivity contribution is -0.131. The third kappa shape index (κ3) is 4.39. The number of phenols is 1. The molecule has 0 bridgehead atoms. The summed E-state index contributed by atoms with van der Waals surface area (Å²) >= 11 is 0. The predicted molar refractivity (Wildman–Crippen MR) is 126 cm³/mol. The molecule has 1 N–H and O–H groups in total.